The van der Waals surface area contributed by atoms with Gasteiger partial charge >= 0.3 is 0 Å². The molecule has 2 aromatic rings. The summed E-state index contributed by atoms with van der Waals surface area (Å²) in [7, 11) is 0. The zero-order chi connectivity index (χ0) is 15.4. The molecule has 5 heteroatoms. The fourth-order valence-corrected chi connectivity index (χ4v) is 2.90. The molecule has 2 aromatic carbocycles. The first-order valence-electron chi connectivity index (χ1n) is 6.75. The van der Waals surface area contributed by atoms with Gasteiger partial charge in [-0.05, 0) is 41.1 Å². The van der Waals surface area contributed by atoms with E-state index in [0.717, 1.165) is 11.1 Å². The number of carbonyl (C=O) groups is 1. The third kappa shape index (κ3) is 3.78. The van der Waals surface area contributed by atoms with Gasteiger partial charge in [-0.25, -0.2) is 0 Å². The number of amidine groups is 1. The number of carbonyl (C=O) groups excluding carboxylic acids is 1. The van der Waals surface area contributed by atoms with E-state index in [1.54, 1.807) is 12.1 Å². The molecule has 1 heterocycles. The Bertz CT molecular complexity index is 739. The second-order valence-corrected chi connectivity index (χ2v) is 6.19. The van der Waals surface area contributed by atoms with Crippen molar-refractivity contribution >= 4 is 40.5 Å². The zero-order valence-corrected chi connectivity index (χ0v) is 13.2. The number of thioether (sulfide) groups is 1. The molecule has 110 valence electrons. The van der Waals surface area contributed by atoms with E-state index in [2.05, 4.69) is 10.3 Å². The predicted molar refractivity (Wildman–Crippen MR) is 92.7 cm³/mol. The standard InChI is InChI=1S/C17H13ClN2OS/c18-14-8-6-12(7-9-14)10-15-16(21)20-17(22-15)19-11-13-4-2-1-3-5-13/h1-10H,11H2,(H,19,20,21)/b15-10-. The lowest BCUT2D eigenvalue weighted by molar-refractivity contribution is -0.115. The van der Waals surface area contributed by atoms with Gasteiger partial charge in [-0.2, -0.15) is 0 Å². The van der Waals surface area contributed by atoms with Gasteiger partial charge in [-0.3, -0.25) is 9.79 Å². The Morgan fingerprint density at radius 3 is 2.55 bits per heavy atom. The van der Waals surface area contributed by atoms with Crippen LogP contribution in [0.25, 0.3) is 6.08 Å². The van der Waals surface area contributed by atoms with Crippen molar-refractivity contribution < 1.29 is 4.79 Å². The normalized spacial score (nSPS) is 18.0. The first-order chi connectivity index (χ1) is 10.7. The van der Waals surface area contributed by atoms with Crippen molar-refractivity contribution in [2.45, 2.75) is 6.54 Å². The molecule has 22 heavy (non-hydrogen) atoms. The van der Waals surface area contributed by atoms with Crippen molar-refractivity contribution in [3.05, 3.63) is 75.7 Å². The Hall–Kier alpha value is -2.04. The predicted octanol–water partition coefficient (Wildman–Crippen LogP) is 4.10. The SMILES string of the molecule is O=C1NC(=NCc2ccccc2)S/C1=C\c1ccc(Cl)cc1. The molecule has 0 aliphatic carbocycles. The molecule has 1 aliphatic rings. The molecule has 3 nitrogen and oxygen atoms in total. The van der Waals surface area contributed by atoms with E-state index < -0.39 is 0 Å². The van der Waals surface area contributed by atoms with Gasteiger partial charge < -0.3 is 5.32 Å². The number of amides is 1. The monoisotopic (exact) mass is 328 g/mol. The highest BCUT2D eigenvalue weighted by Gasteiger charge is 2.23. The summed E-state index contributed by atoms with van der Waals surface area (Å²) >= 11 is 7.21. The molecule has 3 rings (SSSR count). The van der Waals surface area contributed by atoms with Crippen LogP contribution in [-0.4, -0.2) is 11.1 Å². The van der Waals surface area contributed by atoms with Crippen LogP contribution in [0.2, 0.25) is 5.02 Å². The number of halogens is 1. The second-order valence-electron chi connectivity index (χ2n) is 4.72. The molecule has 0 atom stereocenters. The van der Waals surface area contributed by atoms with Crippen molar-refractivity contribution in [2.24, 2.45) is 4.99 Å². The Kier molecular flexibility index (Phi) is 4.61. The van der Waals surface area contributed by atoms with E-state index >= 15 is 0 Å². The molecule has 1 saturated heterocycles. The van der Waals surface area contributed by atoms with Crippen LogP contribution in [0.5, 0.6) is 0 Å². The van der Waals surface area contributed by atoms with Gasteiger partial charge in [-0.1, -0.05) is 54.1 Å². The minimum Gasteiger partial charge on any atom is -0.301 e. The summed E-state index contributed by atoms with van der Waals surface area (Å²) < 4.78 is 0. The maximum Gasteiger partial charge on any atom is 0.264 e. The minimum atomic E-state index is -0.119. The highest BCUT2D eigenvalue weighted by atomic mass is 35.5. The number of hydrogen-bond acceptors (Lipinski definition) is 3. The minimum absolute atomic E-state index is 0.119. The van der Waals surface area contributed by atoms with E-state index in [4.69, 9.17) is 11.6 Å². The van der Waals surface area contributed by atoms with Crippen LogP contribution in [0.1, 0.15) is 11.1 Å². The number of nitrogens with one attached hydrogen (secondary N) is 1. The largest absolute Gasteiger partial charge is 0.301 e. The summed E-state index contributed by atoms with van der Waals surface area (Å²) in [5, 5.41) is 4.10. The van der Waals surface area contributed by atoms with Crippen molar-refractivity contribution in [3.63, 3.8) is 0 Å². The van der Waals surface area contributed by atoms with Crippen LogP contribution in [0, 0.1) is 0 Å². The molecule has 1 amide bonds. The van der Waals surface area contributed by atoms with E-state index in [1.807, 2.05) is 48.5 Å². The quantitative estimate of drug-likeness (QED) is 0.862. The Balaban J connectivity index is 1.71. The first kappa shape index (κ1) is 14.9. The van der Waals surface area contributed by atoms with E-state index in [0.29, 0.717) is 21.6 Å². The molecule has 0 saturated carbocycles. The highest BCUT2D eigenvalue weighted by Crippen LogP contribution is 2.26. The molecule has 1 fully saturated rings. The summed E-state index contributed by atoms with van der Waals surface area (Å²) in [4.78, 5) is 17.0. The molecule has 0 bridgehead atoms. The average Bonchev–Trinajstić information content (AvgIpc) is 2.89. The summed E-state index contributed by atoms with van der Waals surface area (Å²) in [5.41, 5.74) is 2.05. The Labute approximate surface area is 138 Å². The van der Waals surface area contributed by atoms with Gasteiger partial charge in [0.2, 0.25) is 0 Å². The van der Waals surface area contributed by atoms with Crippen LogP contribution >= 0.6 is 23.4 Å². The summed E-state index contributed by atoms with van der Waals surface area (Å²) in [6.07, 6.45) is 1.83. The van der Waals surface area contributed by atoms with Crippen molar-refractivity contribution in [1.29, 1.82) is 0 Å². The zero-order valence-electron chi connectivity index (χ0n) is 11.6. The highest BCUT2D eigenvalue weighted by molar-refractivity contribution is 8.18. The van der Waals surface area contributed by atoms with E-state index in [1.165, 1.54) is 11.8 Å². The third-order valence-corrected chi connectivity index (χ3v) is 4.27. The van der Waals surface area contributed by atoms with Gasteiger partial charge in [0.05, 0.1) is 11.4 Å². The number of aliphatic imine (C=N–C) groups is 1. The third-order valence-electron chi connectivity index (χ3n) is 3.07. The first-order valence-corrected chi connectivity index (χ1v) is 7.95. The fraction of sp³-hybridized carbons (Fsp3) is 0.0588. The smallest absolute Gasteiger partial charge is 0.264 e. The van der Waals surface area contributed by atoms with Crippen LogP contribution in [0.15, 0.2) is 64.5 Å². The van der Waals surface area contributed by atoms with Crippen LogP contribution in [-0.2, 0) is 11.3 Å². The summed E-state index contributed by atoms with van der Waals surface area (Å²) in [5.74, 6) is -0.119. The fourth-order valence-electron chi connectivity index (χ4n) is 1.96. The van der Waals surface area contributed by atoms with Gasteiger partial charge in [0.1, 0.15) is 0 Å². The van der Waals surface area contributed by atoms with Crippen molar-refractivity contribution in [1.82, 2.24) is 5.32 Å². The van der Waals surface area contributed by atoms with Crippen LogP contribution < -0.4 is 5.32 Å². The number of benzene rings is 2. The van der Waals surface area contributed by atoms with E-state index in [9.17, 15) is 4.79 Å². The van der Waals surface area contributed by atoms with Gasteiger partial charge in [0, 0.05) is 5.02 Å². The molecule has 0 radical (unpaired) electrons. The second kappa shape index (κ2) is 6.81. The van der Waals surface area contributed by atoms with E-state index in [-0.39, 0.29) is 5.91 Å². The van der Waals surface area contributed by atoms with Crippen LogP contribution in [0.3, 0.4) is 0 Å². The van der Waals surface area contributed by atoms with Gasteiger partial charge in [0.25, 0.3) is 5.91 Å². The Morgan fingerprint density at radius 2 is 1.82 bits per heavy atom. The lowest BCUT2D eigenvalue weighted by Crippen LogP contribution is -2.19. The number of rotatable bonds is 3. The topological polar surface area (TPSA) is 41.5 Å². The molecule has 0 unspecified atom stereocenters. The van der Waals surface area contributed by atoms with Gasteiger partial charge in [0.15, 0.2) is 5.17 Å². The average molecular weight is 329 g/mol. The molecular formula is C17H13ClN2OS. The van der Waals surface area contributed by atoms with Crippen molar-refractivity contribution in [2.75, 3.05) is 0 Å². The Morgan fingerprint density at radius 1 is 1.09 bits per heavy atom. The number of nitrogens with zero attached hydrogens (tertiary/aromatic N) is 1. The maximum atomic E-state index is 12.0. The molecule has 0 spiro atoms. The lowest BCUT2D eigenvalue weighted by Gasteiger charge is -1.97. The van der Waals surface area contributed by atoms with Crippen molar-refractivity contribution in [3.8, 4) is 0 Å². The maximum absolute atomic E-state index is 12.0. The molecule has 1 aliphatic heterocycles. The summed E-state index contributed by atoms with van der Waals surface area (Å²) in [6.45, 7) is 0.553. The van der Waals surface area contributed by atoms with Crippen LogP contribution in [0.4, 0.5) is 0 Å². The lowest BCUT2D eigenvalue weighted by atomic mass is 10.2. The van der Waals surface area contributed by atoms with Gasteiger partial charge in [-0.15, -0.1) is 0 Å². The molecule has 1 N–H and O–H groups in total. The molecular weight excluding hydrogens is 316 g/mol. The molecule has 0 aromatic heterocycles. The number of hydrogen-bond donors (Lipinski definition) is 1. The summed E-state index contributed by atoms with van der Waals surface area (Å²) in [6, 6.07) is 17.3.